The van der Waals surface area contributed by atoms with Crippen LogP contribution >= 0.6 is 0 Å². The molecule has 5 heteroatoms. The maximum atomic E-state index is 14.8. The van der Waals surface area contributed by atoms with E-state index in [0.717, 1.165) is 57.3 Å². The molecule has 6 rings (SSSR count). The molecular weight excluding hydrogens is 506 g/mol. The third-order valence-corrected chi connectivity index (χ3v) is 7.76. The predicted octanol–water partition coefficient (Wildman–Crippen LogP) is 7.93. The Labute approximate surface area is 240 Å². The fraction of sp³-hybridized carbons (Fsp3) is 0.139. The number of hydrogen-bond acceptors (Lipinski definition) is 3. The fourth-order valence-electron chi connectivity index (χ4n) is 5.92. The number of anilines is 2. The van der Waals surface area contributed by atoms with Crippen LogP contribution in [0.25, 0.3) is 33.4 Å². The molecular formula is C36H31N3O2. The monoisotopic (exact) mass is 537 g/mol. The summed E-state index contributed by atoms with van der Waals surface area (Å²) in [6.45, 7) is 2.60. The van der Waals surface area contributed by atoms with E-state index in [1.807, 2.05) is 30.3 Å². The first-order valence-corrected chi connectivity index (χ1v) is 14.1. The topological polar surface area (TPSA) is 62.3 Å². The number of rotatable bonds is 9. The summed E-state index contributed by atoms with van der Waals surface area (Å²) < 4.78 is 0. The third kappa shape index (κ3) is 4.80. The molecule has 1 aliphatic carbocycles. The predicted molar refractivity (Wildman–Crippen MR) is 166 cm³/mol. The van der Waals surface area contributed by atoms with Crippen molar-refractivity contribution in [1.29, 1.82) is 0 Å². The van der Waals surface area contributed by atoms with Crippen LogP contribution in [-0.4, -0.2) is 23.8 Å². The highest BCUT2D eigenvalue weighted by molar-refractivity contribution is 6.08. The first kappa shape index (κ1) is 26.2. The summed E-state index contributed by atoms with van der Waals surface area (Å²) in [5, 5.41) is 2.74. The number of hydrogen-bond donors (Lipinski definition) is 1. The van der Waals surface area contributed by atoms with E-state index in [1.54, 1.807) is 23.2 Å². The van der Waals surface area contributed by atoms with E-state index in [2.05, 4.69) is 84.0 Å². The van der Waals surface area contributed by atoms with Crippen LogP contribution in [0.15, 0.2) is 115 Å². The van der Waals surface area contributed by atoms with E-state index in [0.29, 0.717) is 24.5 Å². The Balaban J connectivity index is 1.55. The highest BCUT2D eigenvalue weighted by atomic mass is 16.2. The molecule has 0 saturated carbocycles. The Morgan fingerprint density at radius 2 is 1.44 bits per heavy atom. The SMILES string of the molecule is CCCCN(C(=O)C1c2ccccc2-c2cccc(-c3ccccc3-c3ccccc3)c21)c1ncccc1NC=O. The molecule has 202 valence electrons. The summed E-state index contributed by atoms with van der Waals surface area (Å²) in [6.07, 6.45) is 4.01. The van der Waals surface area contributed by atoms with Crippen LogP contribution in [0.1, 0.15) is 36.8 Å². The van der Waals surface area contributed by atoms with Crippen LogP contribution in [0, 0.1) is 0 Å². The Bertz CT molecular complexity index is 1710. The summed E-state index contributed by atoms with van der Waals surface area (Å²) >= 11 is 0. The van der Waals surface area contributed by atoms with Crippen molar-refractivity contribution in [2.75, 3.05) is 16.8 Å². The van der Waals surface area contributed by atoms with Crippen molar-refractivity contribution in [2.24, 2.45) is 0 Å². The van der Waals surface area contributed by atoms with Gasteiger partial charge in [0.05, 0.1) is 11.6 Å². The minimum absolute atomic E-state index is 0.0538. The summed E-state index contributed by atoms with van der Waals surface area (Å²) in [6, 6.07) is 36.8. The highest BCUT2D eigenvalue weighted by Gasteiger charge is 2.39. The molecule has 1 heterocycles. The number of aromatic nitrogens is 1. The lowest BCUT2D eigenvalue weighted by Gasteiger charge is -2.28. The van der Waals surface area contributed by atoms with Crippen LogP contribution in [0.4, 0.5) is 11.5 Å². The lowest BCUT2D eigenvalue weighted by molar-refractivity contribution is -0.119. The zero-order valence-corrected chi connectivity index (χ0v) is 23.0. The van der Waals surface area contributed by atoms with Crippen molar-refractivity contribution in [3.8, 4) is 33.4 Å². The number of amides is 2. The molecule has 1 N–H and O–H groups in total. The molecule has 1 unspecified atom stereocenters. The van der Waals surface area contributed by atoms with Crippen LogP contribution in [0.2, 0.25) is 0 Å². The largest absolute Gasteiger partial charge is 0.326 e. The van der Waals surface area contributed by atoms with Crippen molar-refractivity contribution >= 4 is 23.8 Å². The number of benzene rings is 4. The number of carbonyl (C=O) groups is 2. The van der Waals surface area contributed by atoms with Crippen molar-refractivity contribution in [1.82, 2.24) is 4.98 Å². The molecule has 1 aromatic heterocycles. The van der Waals surface area contributed by atoms with Crippen molar-refractivity contribution in [3.05, 3.63) is 127 Å². The Kier molecular flexibility index (Phi) is 7.42. The van der Waals surface area contributed by atoms with Gasteiger partial charge in [0, 0.05) is 12.7 Å². The standard InChI is InChI=1S/C36H31N3O2/c1-2-3-23-39(35-32(38-24-40)21-12-22-37-35)36(41)34-31-18-10-9-17-28(31)30-20-11-19-29(33(30)34)27-16-8-7-15-26(27)25-13-5-4-6-14-25/h4-22,24,34H,2-3,23H2,1H3,(H,38,40). The first-order valence-electron chi connectivity index (χ1n) is 14.1. The molecule has 0 aliphatic heterocycles. The summed E-state index contributed by atoms with van der Waals surface area (Å²) in [4.78, 5) is 32.6. The van der Waals surface area contributed by atoms with Gasteiger partial charge in [0.2, 0.25) is 12.3 Å². The highest BCUT2D eigenvalue weighted by Crippen LogP contribution is 2.51. The van der Waals surface area contributed by atoms with Gasteiger partial charge in [-0.05, 0) is 63.1 Å². The number of nitrogens with one attached hydrogen (secondary N) is 1. The van der Waals surface area contributed by atoms with Gasteiger partial charge in [0.15, 0.2) is 5.82 Å². The second-order valence-electron chi connectivity index (χ2n) is 10.2. The van der Waals surface area contributed by atoms with Gasteiger partial charge in [-0.3, -0.25) is 14.5 Å². The second kappa shape index (κ2) is 11.6. The van der Waals surface area contributed by atoms with Crippen molar-refractivity contribution < 1.29 is 9.59 Å². The van der Waals surface area contributed by atoms with Crippen LogP contribution < -0.4 is 10.2 Å². The molecule has 2 amide bonds. The van der Waals surface area contributed by atoms with E-state index >= 15 is 0 Å². The maximum absolute atomic E-state index is 14.8. The van der Waals surface area contributed by atoms with Crippen molar-refractivity contribution in [3.63, 3.8) is 0 Å². The van der Waals surface area contributed by atoms with Gasteiger partial charge in [-0.25, -0.2) is 4.98 Å². The summed E-state index contributed by atoms with van der Waals surface area (Å²) in [7, 11) is 0. The van der Waals surface area contributed by atoms with Gasteiger partial charge in [0.25, 0.3) is 0 Å². The van der Waals surface area contributed by atoms with E-state index in [-0.39, 0.29) is 5.91 Å². The lowest BCUT2D eigenvalue weighted by Crippen LogP contribution is -2.37. The molecule has 0 bridgehead atoms. The molecule has 5 nitrogen and oxygen atoms in total. The summed E-state index contributed by atoms with van der Waals surface area (Å²) in [5.41, 5.74) is 9.02. The molecule has 5 aromatic rings. The molecule has 1 atom stereocenters. The van der Waals surface area contributed by atoms with Gasteiger partial charge < -0.3 is 5.32 Å². The van der Waals surface area contributed by atoms with Gasteiger partial charge in [-0.1, -0.05) is 110 Å². The molecule has 1 aliphatic rings. The second-order valence-corrected chi connectivity index (χ2v) is 10.2. The third-order valence-electron chi connectivity index (χ3n) is 7.76. The Morgan fingerprint density at radius 1 is 0.780 bits per heavy atom. The Morgan fingerprint density at radius 3 is 2.20 bits per heavy atom. The van der Waals surface area contributed by atoms with E-state index in [4.69, 9.17) is 0 Å². The molecule has 0 saturated heterocycles. The first-order chi connectivity index (χ1) is 20.2. The van der Waals surface area contributed by atoms with Gasteiger partial charge in [0.1, 0.15) is 0 Å². The average Bonchev–Trinajstić information content (AvgIpc) is 3.37. The number of fused-ring (bicyclic) bond motifs is 3. The zero-order valence-electron chi connectivity index (χ0n) is 23.0. The Hall–Kier alpha value is -5.03. The molecule has 0 spiro atoms. The number of nitrogens with zero attached hydrogens (tertiary/aromatic N) is 2. The molecule has 4 aromatic carbocycles. The van der Waals surface area contributed by atoms with Gasteiger partial charge in [-0.15, -0.1) is 0 Å². The van der Waals surface area contributed by atoms with E-state index in [9.17, 15) is 9.59 Å². The molecule has 0 fully saturated rings. The fourth-order valence-corrected chi connectivity index (χ4v) is 5.92. The van der Waals surface area contributed by atoms with Crippen molar-refractivity contribution in [2.45, 2.75) is 25.7 Å². The molecule has 0 radical (unpaired) electrons. The average molecular weight is 538 g/mol. The van der Waals surface area contributed by atoms with E-state index < -0.39 is 5.92 Å². The number of pyridine rings is 1. The van der Waals surface area contributed by atoms with Crippen LogP contribution in [0.5, 0.6) is 0 Å². The minimum atomic E-state index is -0.524. The number of unbranched alkanes of at least 4 members (excludes halogenated alkanes) is 1. The molecule has 41 heavy (non-hydrogen) atoms. The smallest absolute Gasteiger partial charge is 0.240 e. The minimum Gasteiger partial charge on any atom is -0.326 e. The van der Waals surface area contributed by atoms with Crippen LogP contribution in [-0.2, 0) is 9.59 Å². The summed E-state index contributed by atoms with van der Waals surface area (Å²) in [5.74, 6) is -0.114. The maximum Gasteiger partial charge on any atom is 0.240 e. The zero-order chi connectivity index (χ0) is 28.2. The quantitative estimate of drug-likeness (QED) is 0.194. The van der Waals surface area contributed by atoms with Gasteiger partial charge in [-0.2, -0.15) is 0 Å². The lowest BCUT2D eigenvalue weighted by atomic mass is 9.85. The van der Waals surface area contributed by atoms with Crippen LogP contribution in [0.3, 0.4) is 0 Å². The van der Waals surface area contributed by atoms with E-state index in [1.165, 1.54) is 0 Å². The van der Waals surface area contributed by atoms with Gasteiger partial charge >= 0.3 is 0 Å². The normalized spacial score (nSPS) is 13.2. The number of carbonyl (C=O) groups excluding carboxylic acids is 2.